The Morgan fingerprint density at radius 3 is 2.68 bits per heavy atom. The summed E-state index contributed by atoms with van der Waals surface area (Å²) in [6.45, 7) is 6.92. The number of benzene rings is 2. The molecular formula is C31H40N4O6. The number of hydrogen-bond donors (Lipinski definition) is 2. The molecule has 1 aliphatic heterocycles. The fraction of sp³-hybridized carbons (Fsp3) is 0.452. The van der Waals surface area contributed by atoms with Gasteiger partial charge in [0.25, 0.3) is 5.91 Å². The largest absolute Gasteiger partial charge is 0.493 e. The molecule has 2 amide bonds. The highest BCUT2D eigenvalue weighted by Crippen LogP contribution is 2.29. The molecule has 10 nitrogen and oxygen atoms in total. The lowest BCUT2D eigenvalue weighted by molar-refractivity contribution is 0.0521. The van der Waals surface area contributed by atoms with Gasteiger partial charge < -0.3 is 34.5 Å². The molecule has 1 aromatic heterocycles. The lowest BCUT2D eigenvalue weighted by Crippen LogP contribution is -2.44. The van der Waals surface area contributed by atoms with Crippen molar-refractivity contribution >= 4 is 22.9 Å². The summed E-state index contributed by atoms with van der Waals surface area (Å²) in [6.07, 6.45) is 1.60. The van der Waals surface area contributed by atoms with Crippen LogP contribution in [0.3, 0.4) is 0 Å². The summed E-state index contributed by atoms with van der Waals surface area (Å²) in [4.78, 5) is 32.6. The first kappa shape index (κ1) is 30.1. The van der Waals surface area contributed by atoms with E-state index in [1.165, 1.54) is 0 Å². The third-order valence-electron chi connectivity index (χ3n) is 7.18. The van der Waals surface area contributed by atoms with E-state index >= 15 is 0 Å². The van der Waals surface area contributed by atoms with Crippen molar-refractivity contribution in [1.29, 1.82) is 0 Å². The smallest absolute Gasteiger partial charge is 0.407 e. The van der Waals surface area contributed by atoms with Gasteiger partial charge in [-0.1, -0.05) is 18.2 Å². The number of amides is 2. The Balaban J connectivity index is 1.38. The van der Waals surface area contributed by atoms with Gasteiger partial charge in [0.1, 0.15) is 6.10 Å². The van der Waals surface area contributed by atoms with Gasteiger partial charge in [-0.2, -0.15) is 0 Å². The van der Waals surface area contributed by atoms with Crippen molar-refractivity contribution < 1.29 is 28.5 Å². The fourth-order valence-corrected chi connectivity index (χ4v) is 4.94. The average molecular weight is 565 g/mol. The standard InChI is InChI=1S/C31H40N4O6/c1-21(2)35(30(36)22-10-11-27(39-4)28(16-22)40-15-7-14-38-3)20-24-17-32-19-29(24)41-31(37)34-18-23-12-13-33-26-9-6-5-8-25(23)26/h5-6,8-13,16,21,24,29,32H,7,14-15,17-20H2,1-4H3,(H,34,37)/t24-,29+/m0/s1. The van der Waals surface area contributed by atoms with Gasteiger partial charge in [-0.05, 0) is 49.7 Å². The van der Waals surface area contributed by atoms with E-state index in [1.807, 2.05) is 49.1 Å². The molecule has 2 heterocycles. The van der Waals surface area contributed by atoms with Gasteiger partial charge >= 0.3 is 6.09 Å². The molecule has 2 aromatic carbocycles. The first-order valence-corrected chi connectivity index (χ1v) is 14.0. The van der Waals surface area contributed by atoms with Crippen LogP contribution in [0.4, 0.5) is 4.79 Å². The molecule has 220 valence electrons. The lowest BCUT2D eigenvalue weighted by atomic mass is 10.0. The normalized spacial score (nSPS) is 16.5. The van der Waals surface area contributed by atoms with Crippen LogP contribution in [0, 0.1) is 5.92 Å². The van der Waals surface area contributed by atoms with Gasteiger partial charge in [0.05, 0.1) is 19.2 Å². The minimum atomic E-state index is -0.488. The van der Waals surface area contributed by atoms with Crippen LogP contribution in [-0.2, 0) is 16.0 Å². The Kier molecular flexibility index (Phi) is 10.8. The van der Waals surface area contributed by atoms with E-state index in [2.05, 4.69) is 15.6 Å². The first-order chi connectivity index (χ1) is 19.9. The number of carbonyl (C=O) groups excluding carboxylic acids is 2. The Morgan fingerprint density at radius 1 is 1.07 bits per heavy atom. The first-order valence-electron chi connectivity index (χ1n) is 14.0. The van der Waals surface area contributed by atoms with Crippen LogP contribution in [0.5, 0.6) is 11.5 Å². The number of nitrogens with zero attached hydrogens (tertiary/aromatic N) is 2. The van der Waals surface area contributed by atoms with Crippen LogP contribution in [0.25, 0.3) is 10.9 Å². The Hall–Kier alpha value is -3.89. The highest BCUT2D eigenvalue weighted by atomic mass is 16.6. The van der Waals surface area contributed by atoms with E-state index < -0.39 is 6.09 Å². The number of aromatic nitrogens is 1. The van der Waals surface area contributed by atoms with Crippen molar-refractivity contribution in [2.75, 3.05) is 47.1 Å². The average Bonchev–Trinajstić information content (AvgIpc) is 3.42. The fourth-order valence-electron chi connectivity index (χ4n) is 4.94. The molecule has 2 N–H and O–H groups in total. The summed E-state index contributed by atoms with van der Waals surface area (Å²) in [5, 5.41) is 7.17. The zero-order chi connectivity index (χ0) is 29.2. The maximum Gasteiger partial charge on any atom is 0.407 e. The minimum absolute atomic E-state index is 0.0585. The molecule has 41 heavy (non-hydrogen) atoms. The van der Waals surface area contributed by atoms with Crippen LogP contribution >= 0.6 is 0 Å². The minimum Gasteiger partial charge on any atom is -0.493 e. The Bertz CT molecular complexity index is 1310. The van der Waals surface area contributed by atoms with Crippen molar-refractivity contribution in [2.24, 2.45) is 5.92 Å². The van der Waals surface area contributed by atoms with Crippen molar-refractivity contribution in [3.8, 4) is 11.5 Å². The summed E-state index contributed by atoms with van der Waals surface area (Å²) >= 11 is 0. The third-order valence-corrected chi connectivity index (χ3v) is 7.18. The second-order valence-corrected chi connectivity index (χ2v) is 10.3. The monoisotopic (exact) mass is 564 g/mol. The number of ether oxygens (including phenoxy) is 4. The molecule has 4 rings (SSSR count). The number of para-hydroxylation sites is 1. The van der Waals surface area contributed by atoms with E-state index in [9.17, 15) is 9.59 Å². The summed E-state index contributed by atoms with van der Waals surface area (Å²) in [6, 6.07) is 14.9. The predicted molar refractivity (Wildman–Crippen MR) is 156 cm³/mol. The van der Waals surface area contributed by atoms with Crippen molar-refractivity contribution in [1.82, 2.24) is 20.5 Å². The van der Waals surface area contributed by atoms with Crippen LogP contribution in [0.15, 0.2) is 54.7 Å². The van der Waals surface area contributed by atoms with Gasteiger partial charge in [-0.3, -0.25) is 9.78 Å². The Labute approximate surface area is 241 Å². The molecule has 1 aliphatic rings. The van der Waals surface area contributed by atoms with Gasteiger partial charge in [0.15, 0.2) is 11.5 Å². The molecule has 0 spiro atoms. The number of carbonyl (C=O) groups is 2. The zero-order valence-electron chi connectivity index (χ0n) is 24.2. The SMILES string of the molecule is COCCCOc1cc(C(=O)N(C[C@@H]2CNC[C@H]2OC(=O)NCc2ccnc3ccccc23)C(C)C)ccc1OC. The summed E-state index contributed by atoms with van der Waals surface area (Å²) in [5.41, 5.74) is 2.35. The molecule has 0 bridgehead atoms. The summed E-state index contributed by atoms with van der Waals surface area (Å²) in [7, 11) is 3.22. The lowest BCUT2D eigenvalue weighted by Gasteiger charge is -2.31. The van der Waals surface area contributed by atoms with Crippen molar-refractivity contribution in [2.45, 2.75) is 39.0 Å². The predicted octanol–water partition coefficient (Wildman–Crippen LogP) is 4.02. The van der Waals surface area contributed by atoms with E-state index in [4.69, 9.17) is 18.9 Å². The molecule has 1 fully saturated rings. The molecule has 10 heteroatoms. The summed E-state index contributed by atoms with van der Waals surface area (Å²) < 4.78 is 22.2. The maximum absolute atomic E-state index is 13.7. The number of hydrogen-bond acceptors (Lipinski definition) is 8. The summed E-state index contributed by atoms with van der Waals surface area (Å²) in [5.74, 6) is 0.899. The quantitative estimate of drug-likeness (QED) is 0.300. The van der Waals surface area contributed by atoms with E-state index in [0.717, 1.165) is 22.9 Å². The second-order valence-electron chi connectivity index (χ2n) is 10.3. The molecule has 3 aromatic rings. The van der Waals surface area contributed by atoms with Crippen molar-refractivity contribution in [3.63, 3.8) is 0 Å². The molecule has 2 atom stereocenters. The van der Waals surface area contributed by atoms with Gasteiger partial charge in [0, 0.05) is 75.4 Å². The second kappa shape index (κ2) is 14.7. The highest BCUT2D eigenvalue weighted by Gasteiger charge is 2.34. The van der Waals surface area contributed by atoms with Crippen LogP contribution in [-0.4, -0.2) is 81.1 Å². The molecule has 0 aliphatic carbocycles. The van der Waals surface area contributed by atoms with Gasteiger partial charge in [0.2, 0.25) is 0 Å². The number of pyridine rings is 1. The van der Waals surface area contributed by atoms with E-state index in [1.54, 1.807) is 38.6 Å². The number of fused-ring (bicyclic) bond motifs is 1. The maximum atomic E-state index is 13.7. The number of nitrogens with one attached hydrogen (secondary N) is 2. The highest BCUT2D eigenvalue weighted by molar-refractivity contribution is 5.95. The van der Waals surface area contributed by atoms with Crippen LogP contribution < -0.4 is 20.1 Å². The van der Waals surface area contributed by atoms with Gasteiger partial charge in [-0.25, -0.2) is 4.79 Å². The molecular weight excluding hydrogens is 524 g/mol. The number of alkyl carbamates (subject to hydrolysis) is 1. The zero-order valence-corrected chi connectivity index (χ0v) is 24.2. The number of methoxy groups -OCH3 is 2. The van der Waals surface area contributed by atoms with E-state index in [-0.39, 0.29) is 24.0 Å². The molecule has 0 unspecified atom stereocenters. The van der Waals surface area contributed by atoms with Crippen LogP contribution in [0.1, 0.15) is 36.2 Å². The third kappa shape index (κ3) is 7.86. The topological polar surface area (TPSA) is 111 Å². The van der Waals surface area contributed by atoms with Gasteiger partial charge in [-0.15, -0.1) is 0 Å². The van der Waals surface area contributed by atoms with E-state index in [0.29, 0.717) is 56.5 Å². The molecule has 0 saturated carbocycles. The molecule has 0 radical (unpaired) electrons. The molecule has 1 saturated heterocycles. The number of rotatable bonds is 13. The van der Waals surface area contributed by atoms with Crippen molar-refractivity contribution in [3.05, 3.63) is 65.9 Å². The Morgan fingerprint density at radius 2 is 1.90 bits per heavy atom. The van der Waals surface area contributed by atoms with Crippen LogP contribution in [0.2, 0.25) is 0 Å².